The van der Waals surface area contributed by atoms with Crippen molar-refractivity contribution >= 4 is 35.9 Å². The first kappa shape index (κ1) is 19.8. The summed E-state index contributed by atoms with van der Waals surface area (Å²) < 4.78 is 13.5. The third-order valence-electron chi connectivity index (χ3n) is 5.27. The van der Waals surface area contributed by atoms with E-state index in [1.165, 1.54) is 6.07 Å². The van der Waals surface area contributed by atoms with Crippen LogP contribution >= 0.6 is 24.0 Å². The van der Waals surface area contributed by atoms with Crippen LogP contribution in [0.5, 0.6) is 0 Å². The molecule has 0 unspecified atom stereocenters. The topological polar surface area (TPSA) is 70.6 Å². The second-order valence-corrected chi connectivity index (χ2v) is 6.99. The van der Waals surface area contributed by atoms with Gasteiger partial charge in [-0.3, -0.25) is 4.99 Å². The molecular formula is C19H24FIN6. The van der Waals surface area contributed by atoms with Gasteiger partial charge in [0.15, 0.2) is 5.96 Å². The van der Waals surface area contributed by atoms with Crippen molar-refractivity contribution < 1.29 is 4.39 Å². The number of aromatic nitrogens is 2. The number of rotatable bonds is 4. The number of nitrogens with zero attached hydrogens (tertiary/aromatic N) is 5. The highest BCUT2D eigenvalue weighted by Crippen LogP contribution is 2.48. The lowest BCUT2D eigenvalue weighted by molar-refractivity contribution is 0.377. The second-order valence-electron chi connectivity index (χ2n) is 6.99. The molecule has 4 rings (SSSR count). The fourth-order valence-corrected chi connectivity index (χ4v) is 3.43. The molecule has 144 valence electrons. The molecule has 2 N–H and O–H groups in total. The van der Waals surface area contributed by atoms with Gasteiger partial charge in [0, 0.05) is 44.0 Å². The minimum absolute atomic E-state index is 0. The lowest BCUT2D eigenvalue weighted by Crippen LogP contribution is -2.51. The lowest BCUT2D eigenvalue weighted by Gasteiger charge is -2.35. The van der Waals surface area contributed by atoms with E-state index >= 15 is 0 Å². The van der Waals surface area contributed by atoms with Crippen LogP contribution in [-0.2, 0) is 5.41 Å². The molecule has 1 saturated heterocycles. The summed E-state index contributed by atoms with van der Waals surface area (Å²) in [6.45, 7) is 3.83. The molecule has 0 radical (unpaired) electrons. The Labute approximate surface area is 175 Å². The number of guanidine groups is 1. The van der Waals surface area contributed by atoms with Crippen LogP contribution in [0.1, 0.15) is 18.4 Å². The molecule has 2 aliphatic rings. The fraction of sp³-hybridized carbons (Fsp3) is 0.421. The van der Waals surface area contributed by atoms with Gasteiger partial charge in [0.1, 0.15) is 5.82 Å². The third kappa shape index (κ3) is 4.48. The van der Waals surface area contributed by atoms with E-state index in [0.717, 1.165) is 50.5 Å². The van der Waals surface area contributed by atoms with Crippen molar-refractivity contribution in [3.05, 3.63) is 54.1 Å². The van der Waals surface area contributed by atoms with Crippen LogP contribution in [0.3, 0.4) is 0 Å². The van der Waals surface area contributed by atoms with Crippen LogP contribution in [-0.4, -0.2) is 53.6 Å². The lowest BCUT2D eigenvalue weighted by atomic mass is 9.96. The van der Waals surface area contributed by atoms with E-state index in [4.69, 9.17) is 5.73 Å². The molecule has 2 aromatic rings. The summed E-state index contributed by atoms with van der Waals surface area (Å²) >= 11 is 0. The molecule has 2 fully saturated rings. The van der Waals surface area contributed by atoms with E-state index in [1.807, 2.05) is 12.1 Å². The van der Waals surface area contributed by atoms with Crippen LogP contribution in [0.2, 0.25) is 0 Å². The molecule has 6 nitrogen and oxygen atoms in total. The Kier molecular flexibility index (Phi) is 6.13. The van der Waals surface area contributed by atoms with E-state index in [-0.39, 0.29) is 35.2 Å². The Balaban J connectivity index is 0.00000210. The van der Waals surface area contributed by atoms with Gasteiger partial charge in [-0.1, -0.05) is 12.1 Å². The van der Waals surface area contributed by atoms with Crippen LogP contribution in [0.4, 0.5) is 10.3 Å². The highest BCUT2D eigenvalue weighted by molar-refractivity contribution is 14.0. The molecule has 0 spiro atoms. The average Bonchev–Trinajstić information content (AvgIpc) is 3.48. The molecule has 8 heteroatoms. The zero-order valence-electron chi connectivity index (χ0n) is 15.1. The number of piperazine rings is 1. The van der Waals surface area contributed by atoms with Gasteiger partial charge in [-0.2, -0.15) is 0 Å². The summed E-state index contributed by atoms with van der Waals surface area (Å²) in [5, 5.41) is 0. The SMILES string of the molecule is I.NC(=NCC1(c2cccc(F)c2)CC1)N1CCN(c2ncccn2)CC1. The summed E-state index contributed by atoms with van der Waals surface area (Å²) in [6, 6.07) is 8.67. The molecule has 2 heterocycles. The molecule has 0 amide bonds. The van der Waals surface area contributed by atoms with E-state index in [9.17, 15) is 4.39 Å². The van der Waals surface area contributed by atoms with Crippen LogP contribution in [0, 0.1) is 5.82 Å². The maximum Gasteiger partial charge on any atom is 0.225 e. The van der Waals surface area contributed by atoms with Crippen molar-refractivity contribution in [1.82, 2.24) is 14.9 Å². The van der Waals surface area contributed by atoms with Crippen LogP contribution in [0.15, 0.2) is 47.7 Å². The molecule has 0 atom stereocenters. The number of hydrogen-bond acceptors (Lipinski definition) is 4. The van der Waals surface area contributed by atoms with E-state index in [0.29, 0.717) is 12.5 Å². The number of halogens is 2. The van der Waals surface area contributed by atoms with Crippen molar-refractivity contribution in [2.75, 3.05) is 37.6 Å². The van der Waals surface area contributed by atoms with Crippen molar-refractivity contribution in [2.24, 2.45) is 10.7 Å². The normalized spacial score (nSPS) is 18.8. The van der Waals surface area contributed by atoms with Gasteiger partial charge in [0.05, 0.1) is 6.54 Å². The monoisotopic (exact) mass is 482 g/mol. The van der Waals surface area contributed by atoms with Crippen LogP contribution < -0.4 is 10.6 Å². The average molecular weight is 482 g/mol. The van der Waals surface area contributed by atoms with Crippen molar-refractivity contribution in [3.63, 3.8) is 0 Å². The fourth-order valence-electron chi connectivity index (χ4n) is 3.43. The Hall–Kier alpha value is -1.97. The number of aliphatic imine (C=N–C) groups is 1. The van der Waals surface area contributed by atoms with E-state index in [2.05, 4.69) is 24.8 Å². The van der Waals surface area contributed by atoms with E-state index < -0.39 is 0 Å². The van der Waals surface area contributed by atoms with E-state index in [1.54, 1.807) is 24.5 Å². The van der Waals surface area contributed by atoms with Gasteiger partial charge in [-0.05, 0) is 36.6 Å². The smallest absolute Gasteiger partial charge is 0.225 e. The largest absolute Gasteiger partial charge is 0.370 e. The quantitative estimate of drug-likeness (QED) is 0.412. The molecule has 27 heavy (non-hydrogen) atoms. The van der Waals surface area contributed by atoms with Crippen LogP contribution in [0.25, 0.3) is 0 Å². The maximum atomic E-state index is 13.5. The molecule has 1 aliphatic heterocycles. The molecule has 1 saturated carbocycles. The minimum Gasteiger partial charge on any atom is -0.370 e. The summed E-state index contributed by atoms with van der Waals surface area (Å²) in [4.78, 5) is 17.5. The number of anilines is 1. The minimum atomic E-state index is -0.190. The van der Waals surface area contributed by atoms with Gasteiger partial charge in [0.25, 0.3) is 0 Å². The van der Waals surface area contributed by atoms with Gasteiger partial charge in [-0.15, -0.1) is 24.0 Å². The molecule has 0 bridgehead atoms. The molecule has 1 aromatic carbocycles. The maximum absolute atomic E-state index is 13.5. The number of hydrogen-bond donors (Lipinski definition) is 1. The summed E-state index contributed by atoms with van der Waals surface area (Å²) in [5.41, 5.74) is 7.22. The molecule has 1 aliphatic carbocycles. The predicted octanol–water partition coefficient (Wildman–Crippen LogP) is 2.40. The Morgan fingerprint density at radius 3 is 2.44 bits per heavy atom. The van der Waals surface area contributed by atoms with Gasteiger partial charge in [0.2, 0.25) is 5.95 Å². The molecular weight excluding hydrogens is 458 g/mol. The first-order valence-corrected chi connectivity index (χ1v) is 8.99. The van der Waals surface area contributed by atoms with Gasteiger partial charge >= 0.3 is 0 Å². The second kappa shape index (κ2) is 8.37. The van der Waals surface area contributed by atoms with Crippen molar-refractivity contribution in [3.8, 4) is 0 Å². The van der Waals surface area contributed by atoms with Gasteiger partial charge < -0.3 is 15.5 Å². The van der Waals surface area contributed by atoms with Crippen molar-refractivity contribution in [2.45, 2.75) is 18.3 Å². The molecule has 1 aromatic heterocycles. The van der Waals surface area contributed by atoms with Gasteiger partial charge in [-0.25, -0.2) is 14.4 Å². The number of benzene rings is 1. The standard InChI is InChI=1S/C19H23FN6.HI/c20-16-4-1-3-15(13-16)19(5-6-19)14-24-17(21)25-9-11-26(12-10-25)18-22-7-2-8-23-18;/h1-4,7-8,13H,5-6,9-12,14H2,(H2,21,24);1H. The van der Waals surface area contributed by atoms with Crippen molar-refractivity contribution in [1.29, 1.82) is 0 Å². The Bertz CT molecular complexity index is 788. The Morgan fingerprint density at radius 1 is 1.11 bits per heavy atom. The number of nitrogens with two attached hydrogens (primary N) is 1. The highest BCUT2D eigenvalue weighted by atomic mass is 127. The third-order valence-corrected chi connectivity index (χ3v) is 5.27. The zero-order chi connectivity index (χ0) is 18.0. The summed E-state index contributed by atoms with van der Waals surface area (Å²) in [5.74, 6) is 1.14. The zero-order valence-corrected chi connectivity index (χ0v) is 17.4. The summed E-state index contributed by atoms with van der Waals surface area (Å²) in [7, 11) is 0. The Morgan fingerprint density at radius 2 is 1.81 bits per heavy atom. The highest BCUT2D eigenvalue weighted by Gasteiger charge is 2.44. The predicted molar refractivity (Wildman–Crippen MR) is 115 cm³/mol. The summed E-state index contributed by atoms with van der Waals surface area (Å²) in [6.07, 6.45) is 5.58. The first-order valence-electron chi connectivity index (χ1n) is 8.99. The first-order chi connectivity index (χ1) is 12.7.